The van der Waals surface area contributed by atoms with Gasteiger partial charge in [0.1, 0.15) is 0 Å². The predicted molar refractivity (Wildman–Crippen MR) is 105 cm³/mol. The van der Waals surface area contributed by atoms with Gasteiger partial charge in [0.25, 0.3) is 5.91 Å². The first-order chi connectivity index (χ1) is 12.8. The fourth-order valence-corrected chi connectivity index (χ4v) is 4.34. The molecule has 1 saturated heterocycles. The molecule has 5 heteroatoms. The van der Waals surface area contributed by atoms with E-state index in [0.717, 1.165) is 11.4 Å². The van der Waals surface area contributed by atoms with Crippen molar-refractivity contribution in [1.82, 2.24) is 9.47 Å². The Kier molecular flexibility index (Phi) is 5.40. The quantitative estimate of drug-likeness (QED) is 0.890. The van der Waals surface area contributed by atoms with Crippen molar-refractivity contribution in [2.24, 2.45) is 11.8 Å². The molecule has 144 valence electrons. The number of carbonyl (C=O) groups is 2. The van der Waals surface area contributed by atoms with Gasteiger partial charge in [0.15, 0.2) is 0 Å². The SMILES string of the molecule is Cc1cc(C(=O)N2CC(C)CC(C(=O)O)C2)c(C)n1C(C)c1ccccc1. The van der Waals surface area contributed by atoms with Crippen molar-refractivity contribution in [1.29, 1.82) is 0 Å². The monoisotopic (exact) mass is 368 g/mol. The van der Waals surface area contributed by atoms with Gasteiger partial charge in [0, 0.05) is 24.5 Å². The van der Waals surface area contributed by atoms with Gasteiger partial charge in [0.2, 0.25) is 0 Å². The molecule has 1 aliphatic rings. The number of hydrogen-bond donors (Lipinski definition) is 1. The Morgan fingerprint density at radius 1 is 1.15 bits per heavy atom. The molecule has 0 radical (unpaired) electrons. The van der Waals surface area contributed by atoms with Gasteiger partial charge in [-0.05, 0) is 44.7 Å². The maximum absolute atomic E-state index is 13.2. The minimum absolute atomic E-state index is 0.0626. The summed E-state index contributed by atoms with van der Waals surface area (Å²) in [5.74, 6) is -1.17. The van der Waals surface area contributed by atoms with E-state index in [1.807, 2.05) is 45.0 Å². The van der Waals surface area contributed by atoms with Crippen LogP contribution in [0.5, 0.6) is 0 Å². The lowest BCUT2D eigenvalue weighted by molar-refractivity contribution is -0.143. The van der Waals surface area contributed by atoms with E-state index >= 15 is 0 Å². The highest BCUT2D eigenvalue weighted by Gasteiger charge is 2.33. The van der Waals surface area contributed by atoms with Crippen molar-refractivity contribution >= 4 is 11.9 Å². The zero-order valence-electron chi connectivity index (χ0n) is 16.5. The second-order valence-corrected chi connectivity index (χ2v) is 7.83. The molecule has 1 aromatic carbocycles. The third-order valence-electron chi connectivity index (χ3n) is 5.68. The summed E-state index contributed by atoms with van der Waals surface area (Å²) in [7, 11) is 0. The molecule has 5 nitrogen and oxygen atoms in total. The number of carboxylic acid groups (broad SMARTS) is 1. The maximum Gasteiger partial charge on any atom is 0.308 e. The Morgan fingerprint density at radius 2 is 1.81 bits per heavy atom. The summed E-state index contributed by atoms with van der Waals surface area (Å²) in [5.41, 5.74) is 3.83. The summed E-state index contributed by atoms with van der Waals surface area (Å²) in [4.78, 5) is 26.3. The van der Waals surface area contributed by atoms with Crippen molar-refractivity contribution in [3.05, 3.63) is 58.9 Å². The van der Waals surface area contributed by atoms with Gasteiger partial charge in [-0.15, -0.1) is 0 Å². The number of amides is 1. The van der Waals surface area contributed by atoms with E-state index in [4.69, 9.17) is 0 Å². The fourth-order valence-electron chi connectivity index (χ4n) is 4.34. The van der Waals surface area contributed by atoms with Crippen LogP contribution in [0.25, 0.3) is 0 Å². The van der Waals surface area contributed by atoms with Crippen molar-refractivity contribution < 1.29 is 14.7 Å². The molecule has 2 heterocycles. The number of likely N-dealkylation sites (tertiary alicyclic amines) is 1. The topological polar surface area (TPSA) is 62.5 Å². The molecule has 1 fully saturated rings. The maximum atomic E-state index is 13.2. The van der Waals surface area contributed by atoms with Crippen LogP contribution in [0.15, 0.2) is 36.4 Å². The minimum atomic E-state index is -0.817. The number of piperidine rings is 1. The molecule has 3 atom stereocenters. The Balaban J connectivity index is 1.89. The van der Waals surface area contributed by atoms with E-state index in [1.165, 1.54) is 5.56 Å². The van der Waals surface area contributed by atoms with Gasteiger partial charge in [-0.2, -0.15) is 0 Å². The smallest absolute Gasteiger partial charge is 0.308 e. The van der Waals surface area contributed by atoms with Crippen LogP contribution in [0.1, 0.15) is 53.6 Å². The zero-order valence-corrected chi connectivity index (χ0v) is 16.5. The number of carbonyl (C=O) groups excluding carboxylic acids is 1. The molecule has 0 bridgehead atoms. The summed E-state index contributed by atoms with van der Waals surface area (Å²) < 4.78 is 2.19. The molecular weight excluding hydrogens is 340 g/mol. The van der Waals surface area contributed by atoms with Crippen LogP contribution < -0.4 is 0 Å². The largest absolute Gasteiger partial charge is 0.481 e. The van der Waals surface area contributed by atoms with Crippen LogP contribution in [0.4, 0.5) is 0 Å². The molecule has 1 N–H and O–H groups in total. The number of aromatic nitrogens is 1. The number of nitrogens with zero attached hydrogens (tertiary/aromatic N) is 2. The summed E-state index contributed by atoms with van der Waals surface area (Å²) in [6.07, 6.45) is 0.628. The summed E-state index contributed by atoms with van der Waals surface area (Å²) >= 11 is 0. The summed E-state index contributed by atoms with van der Waals surface area (Å²) in [5, 5.41) is 9.39. The first-order valence-electron chi connectivity index (χ1n) is 9.55. The van der Waals surface area contributed by atoms with Crippen LogP contribution >= 0.6 is 0 Å². The van der Waals surface area contributed by atoms with Gasteiger partial charge in [0.05, 0.1) is 17.5 Å². The van der Waals surface area contributed by atoms with Crippen LogP contribution in [0.2, 0.25) is 0 Å². The summed E-state index contributed by atoms with van der Waals surface area (Å²) in [6.45, 7) is 9.03. The second kappa shape index (κ2) is 7.59. The van der Waals surface area contributed by atoms with E-state index in [9.17, 15) is 14.7 Å². The number of benzene rings is 1. The third kappa shape index (κ3) is 3.77. The number of hydrogen-bond acceptors (Lipinski definition) is 2. The van der Waals surface area contributed by atoms with E-state index in [1.54, 1.807) is 4.90 Å². The fraction of sp³-hybridized carbons (Fsp3) is 0.455. The average molecular weight is 368 g/mol. The zero-order chi connectivity index (χ0) is 19.7. The van der Waals surface area contributed by atoms with E-state index < -0.39 is 11.9 Å². The minimum Gasteiger partial charge on any atom is -0.481 e. The first-order valence-corrected chi connectivity index (χ1v) is 9.55. The predicted octanol–water partition coefficient (Wildman–Crippen LogP) is 3.90. The Hall–Kier alpha value is -2.56. The molecule has 3 rings (SSSR count). The van der Waals surface area contributed by atoms with Crippen LogP contribution in [0.3, 0.4) is 0 Å². The molecule has 1 amide bonds. The van der Waals surface area contributed by atoms with Crippen LogP contribution in [-0.4, -0.2) is 39.5 Å². The van der Waals surface area contributed by atoms with Crippen molar-refractivity contribution in [2.45, 2.75) is 40.2 Å². The molecule has 0 aliphatic carbocycles. The molecule has 1 aromatic heterocycles. The lowest BCUT2D eigenvalue weighted by atomic mass is 9.90. The number of aliphatic carboxylic acids is 1. The molecule has 2 aromatic rings. The van der Waals surface area contributed by atoms with Gasteiger partial charge in [-0.1, -0.05) is 37.3 Å². The third-order valence-corrected chi connectivity index (χ3v) is 5.68. The Morgan fingerprint density at radius 3 is 2.44 bits per heavy atom. The first kappa shape index (κ1) is 19.2. The molecule has 0 spiro atoms. The van der Waals surface area contributed by atoms with E-state index in [-0.39, 0.29) is 24.4 Å². The van der Waals surface area contributed by atoms with Gasteiger partial charge < -0.3 is 14.6 Å². The Labute approximate surface area is 160 Å². The van der Waals surface area contributed by atoms with Crippen molar-refractivity contribution in [3.63, 3.8) is 0 Å². The second-order valence-electron chi connectivity index (χ2n) is 7.83. The lowest BCUT2D eigenvalue weighted by Gasteiger charge is -2.34. The number of aryl methyl sites for hydroxylation is 1. The highest BCUT2D eigenvalue weighted by atomic mass is 16.4. The van der Waals surface area contributed by atoms with E-state index in [0.29, 0.717) is 18.5 Å². The highest BCUT2D eigenvalue weighted by Crippen LogP contribution is 2.28. The van der Waals surface area contributed by atoms with Crippen molar-refractivity contribution in [3.8, 4) is 0 Å². The Bertz CT molecular complexity index is 841. The molecule has 0 saturated carbocycles. The molecule has 3 unspecified atom stereocenters. The molecular formula is C22H28N2O3. The normalized spacial score (nSPS) is 21.1. The lowest BCUT2D eigenvalue weighted by Crippen LogP contribution is -2.45. The average Bonchev–Trinajstić information content (AvgIpc) is 2.95. The molecule has 1 aliphatic heterocycles. The molecule has 27 heavy (non-hydrogen) atoms. The number of rotatable bonds is 4. The number of carboxylic acids is 1. The standard InChI is InChI=1S/C22H28N2O3/c1-14-10-19(22(26)27)13-23(12-14)21(25)20-11-15(2)24(17(20)4)16(3)18-8-6-5-7-9-18/h5-9,11,14,16,19H,10,12-13H2,1-4H3,(H,26,27). The highest BCUT2D eigenvalue weighted by molar-refractivity contribution is 5.96. The van der Waals surface area contributed by atoms with Gasteiger partial charge in [-0.3, -0.25) is 9.59 Å². The van der Waals surface area contributed by atoms with Gasteiger partial charge >= 0.3 is 5.97 Å². The van der Waals surface area contributed by atoms with E-state index in [2.05, 4.69) is 23.6 Å². The summed E-state index contributed by atoms with van der Waals surface area (Å²) in [6, 6.07) is 12.3. The van der Waals surface area contributed by atoms with Crippen LogP contribution in [-0.2, 0) is 4.79 Å². The van der Waals surface area contributed by atoms with Gasteiger partial charge in [-0.25, -0.2) is 0 Å². The van der Waals surface area contributed by atoms with Crippen LogP contribution in [0, 0.1) is 25.7 Å². The van der Waals surface area contributed by atoms with Crippen molar-refractivity contribution in [2.75, 3.05) is 13.1 Å².